The number of aromatic amines is 1. The molecule has 0 atom stereocenters. The lowest BCUT2D eigenvalue weighted by Gasteiger charge is -2.27. The zero-order valence-electron chi connectivity index (χ0n) is 15.9. The van der Waals surface area contributed by atoms with E-state index in [0.717, 1.165) is 13.1 Å². The highest BCUT2D eigenvalue weighted by Gasteiger charge is 2.18. The Morgan fingerprint density at radius 1 is 1.38 bits per heavy atom. The Bertz CT molecular complexity index is 1010. The van der Waals surface area contributed by atoms with Crippen LogP contribution in [0.25, 0.3) is 10.9 Å². The lowest BCUT2D eigenvalue weighted by Crippen LogP contribution is -2.46. The Hall–Kier alpha value is -2.97. The zero-order chi connectivity index (χ0) is 20.6. The third-order valence-corrected chi connectivity index (χ3v) is 4.48. The number of carbonyl (C=O) groups is 1. The van der Waals surface area contributed by atoms with Crippen molar-refractivity contribution in [2.24, 2.45) is 0 Å². The summed E-state index contributed by atoms with van der Waals surface area (Å²) in [5, 5.41) is 3.66. The van der Waals surface area contributed by atoms with Crippen LogP contribution in [0.1, 0.15) is 5.82 Å². The predicted molar refractivity (Wildman–Crippen MR) is 111 cm³/mol. The van der Waals surface area contributed by atoms with E-state index in [4.69, 9.17) is 16.3 Å². The molecule has 0 spiro atoms. The van der Waals surface area contributed by atoms with Gasteiger partial charge in [-0.05, 0) is 18.2 Å². The van der Waals surface area contributed by atoms with Gasteiger partial charge in [-0.3, -0.25) is 14.6 Å². The molecule has 0 bridgehead atoms. The fourth-order valence-corrected chi connectivity index (χ4v) is 2.95. The molecule has 0 saturated carbocycles. The highest BCUT2D eigenvalue weighted by molar-refractivity contribution is 6.18. The first-order chi connectivity index (χ1) is 14.1. The molecular formula is C20H22ClN5O3. The highest BCUT2D eigenvalue weighted by Crippen LogP contribution is 2.12. The lowest BCUT2D eigenvalue weighted by atomic mass is 10.2. The Morgan fingerprint density at radius 3 is 2.93 bits per heavy atom. The molecule has 2 N–H and O–H groups in total. The van der Waals surface area contributed by atoms with Crippen molar-refractivity contribution in [1.82, 2.24) is 25.2 Å². The fourth-order valence-electron chi connectivity index (χ4n) is 2.86. The van der Waals surface area contributed by atoms with Gasteiger partial charge in [0.25, 0.3) is 11.5 Å². The number of piperazine rings is 1. The van der Waals surface area contributed by atoms with E-state index in [1.165, 1.54) is 12.4 Å². The number of nitrogens with one attached hydrogen (secondary N) is 2. The molecule has 1 amide bonds. The van der Waals surface area contributed by atoms with Crippen LogP contribution in [0.5, 0.6) is 0 Å². The number of rotatable bonds is 7. The van der Waals surface area contributed by atoms with Gasteiger partial charge in [0.05, 0.1) is 17.1 Å². The number of nitrogens with zero attached hydrogens (tertiary/aromatic N) is 3. The summed E-state index contributed by atoms with van der Waals surface area (Å²) in [4.78, 5) is 37.5. The third kappa shape index (κ3) is 5.52. The molecule has 1 aliphatic heterocycles. The molecule has 2 aromatic rings. The van der Waals surface area contributed by atoms with E-state index < -0.39 is 0 Å². The molecule has 1 saturated heterocycles. The van der Waals surface area contributed by atoms with E-state index in [1.54, 1.807) is 29.2 Å². The Balaban J connectivity index is 1.74. The number of halogens is 1. The molecule has 3 rings (SSSR count). The van der Waals surface area contributed by atoms with Gasteiger partial charge in [-0.1, -0.05) is 12.7 Å². The van der Waals surface area contributed by atoms with Crippen molar-refractivity contribution in [2.45, 2.75) is 6.61 Å². The maximum absolute atomic E-state index is 12.6. The van der Waals surface area contributed by atoms with Gasteiger partial charge in [0.15, 0.2) is 0 Å². The van der Waals surface area contributed by atoms with Crippen molar-refractivity contribution in [1.29, 1.82) is 0 Å². The summed E-state index contributed by atoms with van der Waals surface area (Å²) in [6, 6.07) is 1.60. The van der Waals surface area contributed by atoms with Gasteiger partial charge in [-0.2, -0.15) is 0 Å². The van der Waals surface area contributed by atoms with Gasteiger partial charge in [0.1, 0.15) is 18.2 Å². The van der Waals surface area contributed by atoms with E-state index in [0.29, 0.717) is 41.1 Å². The number of amides is 1. The maximum atomic E-state index is 12.6. The minimum absolute atomic E-state index is 0.00758. The van der Waals surface area contributed by atoms with Crippen molar-refractivity contribution in [2.75, 3.05) is 32.1 Å². The smallest absolute Gasteiger partial charge is 0.258 e. The topological polar surface area (TPSA) is 100 Å². The molecule has 3 heterocycles. The third-order valence-electron chi connectivity index (χ3n) is 4.30. The largest absolute Gasteiger partial charge is 0.486 e. The van der Waals surface area contributed by atoms with Crippen LogP contribution < -0.4 is 10.9 Å². The summed E-state index contributed by atoms with van der Waals surface area (Å²) in [5.41, 5.74) is 0.524. The van der Waals surface area contributed by atoms with E-state index in [1.807, 2.05) is 0 Å². The summed E-state index contributed by atoms with van der Waals surface area (Å²) in [6.45, 7) is 6.66. The van der Waals surface area contributed by atoms with Gasteiger partial charge >= 0.3 is 0 Å². The minimum Gasteiger partial charge on any atom is -0.486 e. The van der Waals surface area contributed by atoms with Crippen molar-refractivity contribution < 1.29 is 9.53 Å². The second kappa shape index (κ2) is 9.99. The number of pyridine rings is 1. The number of carbonyl (C=O) groups excluding carboxylic acids is 1. The SMILES string of the molecule is C=C(/C=C(\C=C/CCl)OCc1nc2cnccc2c(=O)[nH]1)C(=O)N1CCNCC1. The molecule has 9 heteroatoms. The fraction of sp³-hybridized carbons (Fsp3) is 0.300. The van der Waals surface area contributed by atoms with Crippen LogP contribution in [0.15, 0.2) is 59.4 Å². The summed E-state index contributed by atoms with van der Waals surface area (Å²) in [6.07, 6.45) is 7.97. The van der Waals surface area contributed by atoms with E-state index >= 15 is 0 Å². The van der Waals surface area contributed by atoms with Crippen LogP contribution in [0.4, 0.5) is 0 Å². The van der Waals surface area contributed by atoms with E-state index in [-0.39, 0.29) is 24.0 Å². The Kier molecular flexibility index (Phi) is 7.15. The van der Waals surface area contributed by atoms with Crippen LogP contribution in [-0.2, 0) is 16.1 Å². The molecule has 0 radical (unpaired) electrons. The zero-order valence-corrected chi connectivity index (χ0v) is 16.6. The second-order valence-corrected chi connectivity index (χ2v) is 6.67. The summed E-state index contributed by atoms with van der Waals surface area (Å²) < 4.78 is 5.76. The van der Waals surface area contributed by atoms with Crippen molar-refractivity contribution >= 4 is 28.4 Å². The highest BCUT2D eigenvalue weighted by atomic mass is 35.5. The van der Waals surface area contributed by atoms with Crippen molar-refractivity contribution in [3.63, 3.8) is 0 Å². The summed E-state index contributed by atoms with van der Waals surface area (Å²) >= 11 is 5.73. The summed E-state index contributed by atoms with van der Waals surface area (Å²) in [7, 11) is 0. The number of allylic oxidation sites excluding steroid dienone is 2. The molecule has 8 nitrogen and oxygen atoms in total. The number of hydrogen-bond donors (Lipinski definition) is 2. The predicted octanol–water partition coefficient (Wildman–Crippen LogP) is 1.50. The molecule has 2 aromatic heterocycles. The molecule has 0 aliphatic carbocycles. The molecule has 1 fully saturated rings. The first kappa shape index (κ1) is 20.8. The lowest BCUT2D eigenvalue weighted by molar-refractivity contribution is -0.127. The van der Waals surface area contributed by atoms with Gasteiger partial charge < -0.3 is 19.9 Å². The Labute approximate surface area is 172 Å². The van der Waals surface area contributed by atoms with Crippen LogP contribution in [0, 0.1) is 0 Å². The van der Waals surface area contributed by atoms with Crippen LogP contribution in [0.2, 0.25) is 0 Å². The first-order valence-electron chi connectivity index (χ1n) is 9.17. The molecule has 0 aromatic carbocycles. The minimum atomic E-state index is -0.267. The van der Waals surface area contributed by atoms with Gasteiger partial charge in [0.2, 0.25) is 0 Å². The van der Waals surface area contributed by atoms with Crippen LogP contribution >= 0.6 is 11.6 Å². The standard InChI is InChI=1S/C20H22ClN5O3/c1-14(20(28)26-9-7-22-8-10-26)11-15(3-2-5-21)29-13-18-24-17-12-23-6-4-16(17)19(27)25-18/h2-4,6,11-12,22H,1,5,7-10,13H2,(H,24,25,27)/b3-2-,15-11+. The molecule has 152 valence electrons. The maximum Gasteiger partial charge on any atom is 0.258 e. The van der Waals surface area contributed by atoms with E-state index in [2.05, 4.69) is 26.8 Å². The normalized spacial score (nSPS) is 15.1. The summed E-state index contributed by atoms with van der Waals surface area (Å²) in [5.74, 6) is 0.887. The number of fused-ring (bicyclic) bond motifs is 1. The van der Waals surface area contributed by atoms with Crippen LogP contribution in [0.3, 0.4) is 0 Å². The average molecular weight is 416 g/mol. The quantitative estimate of drug-likeness (QED) is 0.307. The second-order valence-electron chi connectivity index (χ2n) is 6.36. The van der Waals surface area contributed by atoms with Gasteiger partial charge in [-0.25, -0.2) is 4.98 Å². The van der Waals surface area contributed by atoms with Gasteiger partial charge in [-0.15, -0.1) is 11.6 Å². The van der Waals surface area contributed by atoms with E-state index in [9.17, 15) is 9.59 Å². The molecule has 0 unspecified atom stereocenters. The molecule has 29 heavy (non-hydrogen) atoms. The first-order valence-corrected chi connectivity index (χ1v) is 9.71. The number of hydrogen-bond acceptors (Lipinski definition) is 6. The van der Waals surface area contributed by atoms with Crippen molar-refractivity contribution in [3.8, 4) is 0 Å². The number of alkyl halides is 1. The molecule has 1 aliphatic rings. The van der Waals surface area contributed by atoms with Crippen LogP contribution in [-0.4, -0.2) is 57.8 Å². The van der Waals surface area contributed by atoms with Gasteiger partial charge in [0, 0.05) is 43.8 Å². The number of H-pyrrole nitrogens is 1. The van der Waals surface area contributed by atoms with Crippen molar-refractivity contribution in [3.05, 3.63) is 70.8 Å². The number of ether oxygens (including phenoxy) is 1. The molecular weight excluding hydrogens is 394 g/mol. The average Bonchev–Trinajstić information content (AvgIpc) is 2.75. The number of aromatic nitrogens is 3. The monoisotopic (exact) mass is 415 g/mol. The Morgan fingerprint density at radius 2 is 2.17 bits per heavy atom.